The third kappa shape index (κ3) is 2.80. The number of nitrogen functional groups attached to an aromatic ring is 1. The van der Waals surface area contributed by atoms with Crippen molar-refractivity contribution in [2.75, 3.05) is 18.8 Å². The maximum absolute atomic E-state index is 12.2. The van der Waals surface area contributed by atoms with Crippen molar-refractivity contribution in [1.29, 1.82) is 0 Å². The number of nitrogens with zero attached hydrogens (tertiary/aromatic N) is 1. The Hall–Kier alpha value is -1.16. The molecule has 18 heavy (non-hydrogen) atoms. The van der Waals surface area contributed by atoms with Crippen LogP contribution in [-0.2, 0) is 4.79 Å². The van der Waals surface area contributed by atoms with E-state index in [2.05, 4.69) is 0 Å². The van der Waals surface area contributed by atoms with Crippen LogP contribution in [0.4, 0.5) is 5.69 Å². The SMILES string of the molecule is Cc1c(N)cccc1SC(C)C(=O)N1CCCC1. The molecule has 4 heteroatoms. The molecule has 1 heterocycles. The predicted molar refractivity (Wildman–Crippen MR) is 76.7 cm³/mol. The van der Waals surface area contributed by atoms with Crippen LogP contribution in [0.15, 0.2) is 23.1 Å². The first-order chi connectivity index (χ1) is 8.59. The molecule has 0 bridgehead atoms. The summed E-state index contributed by atoms with van der Waals surface area (Å²) in [5.41, 5.74) is 7.75. The van der Waals surface area contributed by atoms with Crippen LogP contribution in [-0.4, -0.2) is 29.1 Å². The van der Waals surface area contributed by atoms with E-state index in [1.165, 1.54) is 0 Å². The molecule has 0 spiro atoms. The number of amides is 1. The summed E-state index contributed by atoms with van der Waals surface area (Å²) in [6.07, 6.45) is 2.28. The van der Waals surface area contributed by atoms with Crippen LogP contribution in [0, 0.1) is 6.92 Å². The summed E-state index contributed by atoms with van der Waals surface area (Å²) in [6, 6.07) is 5.87. The van der Waals surface area contributed by atoms with Crippen LogP contribution in [0.1, 0.15) is 25.3 Å². The number of carbonyl (C=O) groups excluding carboxylic acids is 1. The Morgan fingerprint density at radius 2 is 2.06 bits per heavy atom. The molecule has 0 radical (unpaired) electrons. The Bertz CT molecular complexity index is 441. The molecule has 2 N–H and O–H groups in total. The van der Waals surface area contributed by atoms with E-state index in [0.717, 1.165) is 42.1 Å². The molecule has 2 rings (SSSR count). The van der Waals surface area contributed by atoms with Crippen molar-refractivity contribution in [1.82, 2.24) is 4.90 Å². The number of likely N-dealkylation sites (tertiary alicyclic amines) is 1. The highest BCUT2D eigenvalue weighted by molar-refractivity contribution is 8.00. The monoisotopic (exact) mass is 264 g/mol. The largest absolute Gasteiger partial charge is 0.398 e. The zero-order valence-electron chi connectivity index (χ0n) is 11.0. The van der Waals surface area contributed by atoms with Gasteiger partial charge in [0.1, 0.15) is 0 Å². The van der Waals surface area contributed by atoms with Crippen molar-refractivity contribution in [3.8, 4) is 0 Å². The standard InChI is InChI=1S/C14H20N2OS/c1-10-12(15)6-5-7-13(10)18-11(2)14(17)16-8-3-4-9-16/h5-7,11H,3-4,8-9,15H2,1-2H3. The number of nitrogens with two attached hydrogens (primary N) is 1. The number of benzene rings is 1. The molecule has 0 saturated carbocycles. The van der Waals surface area contributed by atoms with Crippen LogP contribution in [0.2, 0.25) is 0 Å². The van der Waals surface area contributed by atoms with Gasteiger partial charge >= 0.3 is 0 Å². The second-order valence-corrected chi connectivity index (χ2v) is 6.15. The minimum atomic E-state index is -0.0383. The Labute approximate surface area is 113 Å². The van der Waals surface area contributed by atoms with Gasteiger partial charge in [-0.1, -0.05) is 6.07 Å². The third-order valence-corrected chi connectivity index (χ3v) is 4.65. The van der Waals surface area contributed by atoms with Crippen LogP contribution in [0.25, 0.3) is 0 Å². The lowest BCUT2D eigenvalue weighted by molar-refractivity contribution is -0.129. The molecule has 1 aromatic rings. The maximum Gasteiger partial charge on any atom is 0.235 e. The average Bonchev–Trinajstić information content (AvgIpc) is 2.87. The first-order valence-electron chi connectivity index (χ1n) is 6.40. The molecule has 1 aliphatic rings. The van der Waals surface area contributed by atoms with Crippen LogP contribution >= 0.6 is 11.8 Å². The lowest BCUT2D eigenvalue weighted by Gasteiger charge is -2.20. The first-order valence-corrected chi connectivity index (χ1v) is 7.28. The quantitative estimate of drug-likeness (QED) is 0.674. The van der Waals surface area contributed by atoms with E-state index >= 15 is 0 Å². The van der Waals surface area contributed by atoms with E-state index in [-0.39, 0.29) is 11.2 Å². The molecule has 1 aromatic carbocycles. The fourth-order valence-electron chi connectivity index (χ4n) is 2.19. The normalized spacial score (nSPS) is 16.9. The second-order valence-electron chi connectivity index (χ2n) is 4.76. The third-order valence-electron chi connectivity index (χ3n) is 3.40. The van der Waals surface area contributed by atoms with Crippen molar-refractivity contribution in [2.45, 2.75) is 36.8 Å². The molecule has 1 fully saturated rings. The minimum Gasteiger partial charge on any atom is -0.398 e. The fourth-order valence-corrected chi connectivity index (χ4v) is 3.28. The summed E-state index contributed by atoms with van der Waals surface area (Å²) in [7, 11) is 0. The number of hydrogen-bond donors (Lipinski definition) is 1. The van der Waals surface area contributed by atoms with Crippen LogP contribution < -0.4 is 5.73 Å². The van der Waals surface area contributed by atoms with Gasteiger partial charge in [-0.05, 0) is 44.4 Å². The molecule has 1 unspecified atom stereocenters. The highest BCUT2D eigenvalue weighted by Gasteiger charge is 2.24. The number of rotatable bonds is 3. The van der Waals surface area contributed by atoms with E-state index in [1.807, 2.05) is 36.9 Å². The summed E-state index contributed by atoms with van der Waals surface area (Å²) < 4.78 is 0. The maximum atomic E-state index is 12.2. The lowest BCUT2D eigenvalue weighted by Crippen LogP contribution is -2.34. The molecule has 1 saturated heterocycles. The molecular weight excluding hydrogens is 244 g/mol. The van der Waals surface area contributed by atoms with Crippen molar-refractivity contribution in [3.63, 3.8) is 0 Å². The zero-order valence-corrected chi connectivity index (χ0v) is 11.8. The van der Waals surface area contributed by atoms with E-state index in [1.54, 1.807) is 11.8 Å². The summed E-state index contributed by atoms with van der Waals surface area (Å²) >= 11 is 1.61. The van der Waals surface area contributed by atoms with Gasteiger partial charge in [-0.25, -0.2) is 0 Å². The summed E-state index contributed by atoms with van der Waals surface area (Å²) in [4.78, 5) is 15.3. The topological polar surface area (TPSA) is 46.3 Å². The van der Waals surface area contributed by atoms with Gasteiger partial charge < -0.3 is 10.6 Å². The van der Waals surface area contributed by atoms with Crippen molar-refractivity contribution >= 4 is 23.4 Å². The van der Waals surface area contributed by atoms with Gasteiger partial charge in [-0.15, -0.1) is 11.8 Å². The Morgan fingerprint density at radius 1 is 1.39 bits per heavy atom. The Kier molecular flexibility index (Phi) is 4.17. The lowest BCUT2D eigenvalue weighted by atomic mass is 10.2. The van der Waals surface area contributed by atoms with Gasteiger partial charge in [-0.3, -0.25) is 4.79 Å². The van der Waals surface area contributed by atoms with Gasteiger partial charge in [-0.2, -0.15) is 0 Å². The molecule has 1 atom stereocenters. The number of anilines is 1. The van der Waals surface area contributed by atoms with Gasteiger partial charge in [0.05, 0.1) is 5.25 Å². The van der Waals surface area contributed by atoms with Gasteiger partial charge in [0.15, 0.2) is 0 Å². The van der Waals surface area contributed by atoms with E-state index in [4.69, 9.17) is 5.73 Å². The predicted octanol–water partition coefficient (Wildman–Crippen LogP) is 2.68. The summed E-state index contributed by atoms with van der Waals surface area (Å²) in [6.45, 7) is 5.82. The zero-order chi connectivity index (χ0) is 13.1. The molecule has 0 aliphatic carbocycles. The van der Waals surface area contributed by atoms with Crippen molar-refractivity contribution < 1.29 is 4.79 Å². The minimum absolute atomic E-state index is 0.0383. The van der Waals surface area contributed by atoms with E-state index in [0.29, 0.717) is 0 Å². The van der Waals surface area contributed by atoms with E-state index in [9.17, 15) is 4.79 Å². The molecular formula is C14H20N2OS. The van der Waals surface area contributed by atoms with Gasteiger partial charge in [0.2, 0.25) is 5.91 Å². The summed E-state index contributed by atoms with van der Waals surface area (Å²) in [5.74, 6) is 0.249. The van der Waals surface area contributed by atoms with E-state index < -0.39 is 0 Å². The van der Waals surface area contributed by atoms with Gasteiger partial charge in [0, 0.05) is 23.7 Å². The first kappa shape index (κ1) is 13.3. The van der Waals surface area contributed by atoms with Gasteiger partial charge in [0.25, 0.3) is 0 Å². The smallest absolute Gasteiger partial charge is 0.235 e. The Balaban J connectivity index is 2.04. The van der Waals surface area contributed by atoms with Crippen molar-refractivity contribution in [2.24, 2.45) is 0 Å². The van der Waals surface area contributed by atoms with Crippen molar-refractivity contribution in [3.05, 3.63) is 23.8 Å². The highest BCUT2D eigenvalue weighted by Crippen LogP contribution is 2.30. The molecule has 3 nitrogen and oxygen atoms in total. The number of carbonyl (C=O) groups is 1. The number of hydrogen-bond acceptors (Lipinski definition) is 3. The molecule has 1 aliphatic heterocycles. The van der Waals surface area contributed by atoms with Crippen LogP contribution in [0.3, 0.4) is 0 Å². The Morgan fingerprint density at radius 3 is 2.72 bits per heavy atom. The molecule has 98 valence electrons. The second kappa shape index (κ2) is 5.65. The fraction of sp³-hybridized carbons (Fsp3) is 0.500. The van der Waals surface area contributed by atoms with Crippen LogP contribution in [0.5, 0.6) is 0 Å². The molecule has 1 amide bonds. The molecule has 0 aromatic heterocycles. The number of thioether (sulfide) groups is 1. The highest BCUT2D eigenvalue weighted by atomic mass is 32.2. The summed E-state index contributed by atoms with van der Waals surface area (Å²) in [5, 5.41) is -0.0383. The average molecular weight is 264 g/mol.